The number of amides is 1. The monoisotopic (exact) mass is 196 g/mol. The van der Waals surface area contributed by atoms with Gasteiger partial charge in [-0.05, 0) is 26.2 Å². The molecule has 1 aliphatic carbocycles. The van der Waals surface area contributed by atoms with Crippen LogP contribution in [0, 0.1) is 5.41 Å². The van der Waals surface area contributed by atoms with Gasteiger partial charge in [-0.3, -0.25) is 4.79 Å². The molecule has 0 aliphatic heterocycles. The summed E-state index contributed by atoms with van der Waals surface area (Å²) in [4.78, 5) is 11.8. The van der Waals surface area contributed by atoms with Gasteiger partial charge in [0.2, 0.25) is 5.91 Å². The van der Waals surface area contributed by atoms with Crippen LogP contribution in [0.5, 0.6) is 0 Å². The number of rotatable bonds is 5. The highest BCUT2D eigenvalue weighted by atomic mass is 16.2. The Hall–Kier alpha value is -0.830. The van der Waals surface area contributed by atoms with Crippen molar-refractivity contribution in [1.29, 1.82) is 0 Å². The lowest BCUT2D eigenvalue weighted by Crippen LogP contribution is -2.52. The Balaban J connectivity index is 2.44. The van der Waals surface area contributed by atoms with Crippen molar-refractivity contribution in [2.75, 3.05) is 6.54 Å². The topological polar surface area (TPSA) is 55.1 Å². The van der Waals surface area contributed by atoms with Gasteiger partial charge in [0, 0.05) is 12.6 Å². The zero-order valence-corrected chi connectivity index (χ0v) is 8.88. The maximum absolute atomic E-state index is 11.8. The molecule has 1 saturated carbocycles. The Labute approximate surface area is 85.7 Å². The van der Waals surface area contributed by atoms with E-state index in [1.54, 1.807) is 0 Å². The zero-order chi connectivity index (χ0) is 10.6. The van der Waals surface area contributed by atoms with Gasteiger partial charge < -0.3 is 11.1 Å². The van der Waals surface area contributed by atoms with Gasteiger partial charge in [0.25, 0.3) is 0 Å². The van der Waals surface area contributed by atoms with Crippen molar-refractivity contribution in [3.63, 3.8) is 0 Å². The molecular weight excluding hydrogens is 176 g/mol. The standard InChI is InChI=1S/C11H20N2O/c1-3-5-9(2)13-10(14)11(8-12)6-4-7-11/h3,9H,1,4-8,12H2,2H3,(H,13,14). The number of nitrogens with one attached hydrogen (secondary N) is 1. The SMILES string of the molecule is C=CCC(C)NC(=O)C1(CN)CCC1. The van der Waals surface area contributed by atoms with Gasteiger partial charge in [0.1, 0.15) is 0 Å². The summed E-state index contributed by atoms with van der Waals surface area (Å²) in [6, 6.07) is 0.170. The van der Waals surface area contributed by atoms with Crippen molar-refractivity contribution in [1.82, 2.24) is 5.32 Å². The summed E-state index contributed by atoms with van der Waals surface area (Å²) in [5.74, 6) is 0.126. The quantitative estimate of drug-likeness (QED) is 0.649. The first-order chi connectivity index (χ1) is 6.64. The second-order valence-electron chi connectivity index (χ2n) is 4.24. The van der Waals surface area contributed by atoms with Gasteiger partial charge in [0.15, 0.2) is 0 Å². The molecule has 1 unspecified atom stereocenters. The molecule has 0 saturated heterocycles. The van der Waals surface area contributed by atoms with Gasteiger partial charge >= 0.3 is 0 Å². The zero-order valence-electron chi connectivity index (χ0n) is 8.88. The lowest BCUT2D eigenvalue weighted by Gasteiger charge is -2.39. The van der Waals surface area contributed by atoms with Crippen LogP contribution in [0.4, 0.5) is 0 Å². The molecule has 80 valence electrons. The molecule has 1 aliphatic rings. The van der Waals surface area contributed by atoms with Crippen molar-refractivity contribution in [3.05, 3.63) is 12.7 Å². The molecule has 1 fully saturated rings. The fourth-order valence-corrected chi connectivity index (χ4v) is 1.81. The molecule has 0 aromatic rings. The maximum atomic E-state index is 11.8. The van der Waals surface area contributed by atoms with Gasteiger partial charge in [-0.25, -0.2) is 0 Å². The Bertz CT molecular complexity index is 216. The molecule has 0 radical (unpaired) electrons. The Morgan fingerprint density at radius 1 is 1.71 bits per heavy atom. The van der Waals surface area contributed by atoms with Gasteiger partial charge in [0.05, 0.1) is 5.41 Å². The molecule has 1 rings (SSSR count). The summed E-state index contributed by atoms with van der Waals surface area (Å²) in [5, 5.41) is 2.98. The molecule has 3 heteroatoms. The Morgan fingerprint density at radius 3 is 2.71 bits per heavy atom. The van der Waals surface area contributed by atoms with Crippen LogP contribution < -0.4 is 11.1 Å². The van der Waals surface area contributed by atoms with E-state index in [0.717, 1.165) is 25.7 Å². The number of carbonyl (C=O) groups excluding carboxylic acids is 1. The fourth-order valence-electron chi connectivity index (χ4n) is 1.81. The molecule has 1 atom stereocenters. The van der Waals surface area contributed by atoms with Crippen LogP contribution in [0.3, 0.4) is 0 Å². The molecular formula is C11H20N2O. The van der Waals surface area contributed by atoms with Crippen molar-refractivity contribution >= 4 is 5.91 Å². The summed E-state index contributed by atoms with van der Waals surface area (Å²) in [6.45, 7) is 6.11. The maximum Gasteiger partial charge on any atom is 0.227 e. The summed E-state index contributed by atoms with van der Waals surface area (Å²) in [7, 11) is 0. The van der Waals surface area contributed by atoms with Crippen LogP contribution in [-0.2, 0) is 4.79 Å². The minimum atomic E-state index is -0.255. The van der Waals surface area contributed by atoms with E-state index in [0.29, 0.717) is 6.54 Å². The van der Waals surface area contributed by atoms with Crippen LogP contribution in [0.2, 0.25) is 0 Å². The van der Waals surface area contributed by atoms with E-state index in [9.17, 15) is 4.79 Å². The van der Waals surface area contributed by atoms with E-state index in [4.69, 9.17) is 5.73 Å². The third kappa shape index (κ3) is 2.15. The van der Waals surface area contributed by atoms with E-state index in [1.807, 2.05) is 13.0 Å². The van der Waals surface area contributed by atoms with Crippen LogP contribution in [0.1, 0.15) is 32.6 Å². The smallest absolute Gasteiger partial charge is 0.227 e. The number of nitrogens with two attached hydrogens (primary N) is 1. The van der Waals surface area contributed by atoms with Crippen molar-refractivity contribution in [2.45, 2.75) is 38.6 Å². The van der Waals surface area contributed by atoms with Crippen molar-refractivity contribution in [3.8, 4) is 0 Å². The molecule has 0 aromatic heterocycles. The number of hydrogen-bond acceptors (Lipinski definition) is 2. The Morgan fingerprint density at radius 2 is 2.36 bits per heavy atom. The van der Waals surface area contributed by atoms with E-state index in [2.05, 4.69) is 11.9 Å². The summed E-state index contributed by atoms with van der Waals surface area (Å²) >= 11 is 0. The second kappa shape index (κ2) is 4.60. The normalized spacial score (nSPS) is 20.7. The highest BCUT2D eigenvalue weighted by Gasteiger charge is 2.42. The lowest BCUT2D eigenvalue weighted by molar-refractivity contribution is -0.135. The van der Waals surface area contributed by atoms with Crippen molar-refractivity contribution < 1.29 is 4.79 Å². The van der Waals surface area contributed by atoms with Crippen molar-refractivity contribution in [2.24, 2.45) is 11.1 Å². The second-order valence-corrected chi connectivity index (χ2v) is 4.24. The highest BCUT2D eigenvalue weighted by Crippen LogP contribution is 2.40. The predicted molar refractivity (Wildman–Crippen MR) is 57.8 cm³/mol. The largest absolute Gasteiger partial charge is 0.353 e. The fraction of sp³-hybridized carbons (Fsp3) is 0.727. The molecule has 0 aromatic carbocycles. The first kappa shape index (κ1) is 11.2. The van der Waals surface area contributed by atoms with Gasteiger partial charge in [-0.15, -0.1) is 6.58 Å². The van der Waals surface area contributed by atoms with E-state index in [-0.39, 0.29) is 17.4 Å². The van der Waals surface area contributed by atoms with E-state index in [1.165, 1.54) is 0 Å². The first-order valence-electron chi connectivity index (χ1n) is 5.26. The van der Waals surface area contributed by atoms with Gasteiger partial charge in [-0.2, -0.15) is 0 Å². The summed E-state index contributed by atoms with van der Waals surface area (Å²) in [6.07, 6.45) is 5.64. The molecule has 0 bridgehead atoms. The van der Waals surface area contributed by atoms with Gasteiger partial charge in [-0.1, -0.05) is 12.5 Å². The van der Waals surface area contributed by atoms with Crippen LogP contribution in [0.25, 0.3) is 0 Å². The molecule has 0 spiro atoms. The molecule has 14 heavy (non-hydrogen) atoms. The van der Waals surface area contributed by atoms with E-state index < -0.39 is 0 Å². The Kier molecular flexibility index (Phi) is 3.69. The molecule has 0 heterocycles. The number of carbonyl (C=O) groups is 1. The third-order valence-electron chi connectivity index (χ3n) is 3.08. The average molecular weight is 196 g/mol. The first-order valence-corrected chi connectivity index (χ1v) is 5.26. The lowest BCUT2D eigenvalue weighted by atomic mass is 9.68. The molecule has 3 N–H and O–H groups in total. The predicted octanol–water partition coefficient (Wildman–Crippen LogP) is 1.20. The van der Waals surface area contributed by atoms with Crippen LogP contribution in [-0.4, -0.2) is 18.5 Å². The summed E-state index contributed by atoms with van der Waals surface area (Å²) < 4.78 is 0. The average Bonchev–Trinajstić information content (AvgIpc) is 2.03. The van der Waals surface area contributed by atoms with Crippen LogP contribution in [0.15, 0.2) is 12.7 Å². The summed E-state index contributed by atoms with van der Waals surface area (Å²) in [5.41, 5.74) is 5.38. The van der Waals surface area contributed by atoms with E-state index >= 15 is 0 Å². The molecule has 1 amide bonds. The number of hydrogen-bond donors (Lipinski definition) is 2. The minimum Gasteiger partial charge on any atom is -0.353 e. The van der Waals surface area contributed by atoms with Crippen LogP contribution >= 0.6 is 0 Å². The minimum absolute atomic E-state index is 0.126. The third-order valence-corrected chi connectivity index (χ3v) is 3.08. The molecule has 3 nitrogen and oxygen atoms in total. The highest BCUT2D eigenvalue weighted by molar-refractivity contribution is 5.84.